The Balaban J connectivity index is 1.41. The van der Waals surface area contributed by atoms with Gasteiger partial charge in [-0.15, -0.1) is 0 Å². The first-order valence-corrected chi connectivity index (χ1v) is 12.8. The summed E-state index contributed by atoms with van der Waals surface area (Å²) in [6.45, 7) is 0.623. The van der Waals surface area contributed by atoms with Gasteiger partial charge in [-0.1, -0.05) is 53.5 Å². The van der Waals surface area contributed by atoms with Crippen molar-refractivity contribution in [3.05, 3.63) is 103 Å². The van der Waals surface area contributed by atoms with E-state index >= 15 is 0 Å². The second-order valence-corrected chi connectivity index (χ2v) is 10.5. The number of nitrogens with zero attached hydrogens (tertiary/aromatic N) is 2. The molecule has 6 rings (SSSR count). The molecule has 0 radical (unpaired) electrons. The molecule has 3 aliphatic rings. The first-order chi connectivity index (χ1) is 17.8. The Kier molecular flexibility index (Phi) is 5.86. The van der Waals surface area contributed by atoms with Crippen LogP contribution in [0, 0.1) is 15.9 Å². The Bertz CT molecular complexity index is 1410. The van der Waals surface area contributed by atoms with E-state index in [2.05, 4.69) is 5.32 Å². The summed E-state index contributed by atoms with van der Waals surface area (Å²) in [7, 11) is 0. The molecule has 3 aromatic carbocycles. The molecule has 3 heterocycles. The maximum atomic E-state index is 13.6. The number of benzene rings is 3. The summed E-state index contributed by atoms with van der Waals surface area (Å²) < 4.78 is 19.3. The van der Waals surface area contributed by atoms with Crippen LogP contribution in [0.5, 0.6) is 5.75 Å². The molecule has 1 amide bonds. The van der Waals surface area contributed by atoms with Crippen LogP contribution in [0.2, 0.25) is 10.0 Å². The molecular formula is C27H22Cl2FN3O4. The summed E-state index contributed by atoms with van der Waals surface area (Å²) in [5, 5.41) is 16.0. The second kappa shape index (κ2) is 8.97. The zero-order valence-electron chi connectivity index (χ0n) is 19.5. The normalized spacial score (nSPS) is 26.2. The predicted molar refractivity (Wildman–Crippen MR) is 137 cm³/mol. The van der Waals surface area contributed by atoms with Gasteiger partial charge in [-0.3, -0.25) is 19.8 Å². The SMILES string of the molecule is O=C1Nc2ccccc2[C@]12[C@H]([N+](=O)[O-])[C@@H](c1cc(Cl)c(OCc3cccc(F)c3)c(Cl)c1)[C@H]1CCCN12. The van der Waals surface area contributed by atoms with Crippen LogP contribution in [0.15, 0.2) is 60.7 Å². The first kappa shape index (κ1) is 24.2. The number of amides is 1. The summed E-state index contributed by atoms with van der Waals surface area (Å²) in [4.78, 5) is 28.0. The van der Waals surface area contributed by atoms with Crippen molar-refractivity contribution in [2.24, 2.45) is 0 Å². The number of nitrogens with one attached hydrogen (secondary N) is 1. The number of hydrogen-bond acceptors (Lipinski definition) is 5. The van der Waals surface area contributed by atoms with E-state index in [9.17, 15) is 19.3 Å². The van der Waals surface area contributed by atoms with E-state index in [0.29, 0.717) is 35.3 Å². The lowest BCUT2D eigenvalue weighted by Crippen LogP contribution is -2.55. The molecule has 2 saturated heterocycles. The summed E-state index contributed by atoms with van der Waals surface area (Å²) in [6, 6.07) is 15.0. The van der Waals surface area contributed by atoms with Gasteiger partial charge in [-0.05, 0) is 54.3 Å². The summed E-state index contributed by atoms with van der Waals surface area (Å²) in [5.74, 6) is -1.17. The molecule has 1 N–H and O–H groups in total. The zero-order valence-corrected chi connectivity index (χ0v) is 21.0. The summed E-state index contributed by atoms with van der Waals surface area (Å²) in [6.07, 6.45) is 1.53. The van der Waals surface area contributed by atoms with Gasteiger partial charge >= 0.3 is 0 Å². The summed E-state index contributed by atoms with van der Waals surface area (Å²) >= 11 is 13.2. The number of para-hydroxylation sites is 1. The van der Waals surface area contributed by atoms with Gasteiger partial charge < -0.3 is 10.1 Å². The number of hydrogen-bond donors (Lipinski definition) is 1. The molecule has 0 bridgehead atoms. The minimum Gasteiger partial charge on any atom is -0.486 e. The molecule has 190 valence electrons. The van der Waals surface area contributed by atoms with Crippen molar-refractivity contribution in [2.75, 3.05) is 11.9 Å². The van der Waals surface area contributed by atoms with Crippen molar-refractivity contribution in [1.29, 1.82) is 0 Å². The van der Waals surface area contributed by atoms with Crippen LogP contribution in [0.4, 0.5) is 10.1 Å². The molecular weight excluding hydrogens is 520 g/mol. The van der Waals surface area contributed by atoms with Crippen molar-refractivity contribution in [2.45, 2.75) is 43.0 Å². The number of carbonyl (C=O) groups excluding carboxylic acids is 1. The highest BCUT2D eigenvalue weighted by Gasteiger charge is 2.73. The van der Waals surface area contributed by atoms with Gasteiger partial charge in [0.2, 0.25) is 0 Å². The number of halogens is 3. The monoisotopic (exact) mass is 541 g/mol. The molecule has 3 aromatic rings. The fraction of sp³-hybridized carbons (Fsp3) is 0.296. The Morgan fingerprint density at radius 1 is 1.14 bits per heavy atom. The van der Waals surface area contributed by atoms with Crippen LogP contribution in [0.25, 0.3) is 0 Å². The van der Waals surface area contributed by atoms with Crippen LogP contribution < -0.4 is 10.1 Å². The summed E-state index contributed by atoms with van der Waals surface area (Å²) in [5.41, 5.74) is 0.999. The highest BCUT2D eigenvalue weighted by atomic mass is 35.5. The number of rotatable bonds is 5. The van der Waals surface area contributed by atoms with Gasteiger partial charge in [0, 0.05) is 28.8 Å². The standard InChI is InChI=1S/C27H22Cl2FN3O4/c28-19-12-16(13-20(29)24(19)37-14-15-5-3-6-17(30)11-15)23-22-9-4-10-32(22)27(25(23)33(35)36)18-7-1-2-8-21(18)31-26(27)34/h1-3,5-8,11-13,22-23,25H,4,9-10,14H2,(H,31,34)/t22-,23+,25-,27+/m1/s1. The van der Waals surface area contributed by atoms with E-state index in [1.807, 2.05) is 4.90 Å². The fourth-order valence-electron chi connectivity index (χ4n) is 6.47. The van der Waals surface area contributed by atoms with Gasteiger partial charge in [0.15, 0.2) is 11.3 Å². The van der Waals surface area contributed by atoms with E-state index in [1.165, 1.54) is 12.1 Å². The highest BCUT2D eigenvalue weighted by molar-refractivity contribution is 6.37. The molecule has 0 saturated carbocycles. The van der Waals surface area contributed by atoms with Crippen molar-refractivity contribution < 1.29 is 18.8 Å². The van der Waals surface area contributed by atoms with Crippen LogP contribution in [0.1, 0.15) is 35.4 Å². The quantitative estimate of drug-likeness (QED) is 0.327. The molecule has 37 heavy (non-hydrogen) atoms. The van der Waals surface area contributed by atoms with E-state index in [-0.39, 0.29) is 45.1 Å². The lowest BCUT2D eigenvalue weighted by molar-refractivity contribution is -0.534. The molecule has 3 aliphatic heterocycles. The van der Waals surface area contributed by atoms with E-state index < -0.39 is 17.5 Å². The molecule has 4 atom stereocenters. The topological polar surface area (TPSA) is 84.7 Å². The Hall–Kier alpha value is -3.20. The van der Waals surface area contributed by atoms with Gasteiger partial charge in [0.1, 0.15) is 12.4 Å². The number of carbonyl (C=O) groups is 1. The lowest BCUT2D eigenvalue weighted by atomic mass is 9.77. The maximum absolute atomic E-state index is 13.6. The van der Waals surface area contributed by atoms with E-state index in [1.54, 1.807) is 48.5 Å². The minimum absolute atomic E-state index is 0.0496. The largest absolute Gasteiger partial charge is 0.486 e. The van der Waals surface area contributed by atoms with Gasteiger partial charge in [-0.2, -0.15) is 0 Å². The molecule has 0 unspecified atom stereocenters. The number of ether oxygens (including phenoxy) is 1. The van der Waals surface area contributed by atoms with Crippen molar-refractivity contribution >= 4 is 34.8 Å². The van der Waals surface area contributed by atoms with Crippen LogP contribution >= 0.6 is 23.2 Å². The number of anilines is 1. The van der Waals surface area contributed by atoms with Crippen LogP contribution in [-0.2, 0) is 16.9 Å². The molecule has 0 aliphatic carbocycles. The van der Waals surface area contributed by atoms with Crippen molar-refractivity contribution in [1.82, 2.24) is 4.90 Å². The van der Waals surface area contributed by atoms with Crippen molar-refractivity contribution in [3.8, 4) is 5.75 Å². The Morgan fingerprint density at radius 2 is 1.89 bits per heavy atom. The zero-order chi connectivity index (χ0) is 25.9. The van der Waals surface area contributed by atoms with E-state index in [4.69, 9.17) is 27.9 Å². The molecule has 1 spiro atoms. The van der Waals surface area contributed by atoms with Gasteiger partial charge in [-0.25, -0.2) is 4.39 Å². The second-order valence-electron chi connectivity index (χ2n) is 9.66. The minimum atomic E-state index is -1.42. The number of nitro groups is 1. The Labute approximate surface area is 222 Å². The van der Waals surface area contributed by atoms with Gasteiger partial charge in [0.05, 0.1) is 16.0 Å². The highest BCUT2D eigenvalue weighted by Crippen LogP contribution is 2.58. The average Bonchev–Trinajstić information content (AvgIpc) is 3.51. The van der Waals surface area contributed by atoms with E-state index in [0.717, 1.165) is 6.42 Å². The molecule has 7 nitrogen and oxygen atoms in total. The van der Waals surface area contributed by atoms with Crippen molar-refractivity contribution in [3.63, 3.8) is 0 Å². The predicted octanol–water partition coefficient (Wildman–Crippen LogP) is 5.77. The molecule has 10 heteroatoms. The smallest absolute Gasteiger partial charge is 0.256 e. The third kappa shape index (κ3) is 3.61. The first-order valence-electron chi connectivity index (χ1n) is 12.0. The fourth-order valence-corrected chi connectivity index (χ4v) is 7.08. The lowest BCUT2D eigenvalue weighted by Gasteiger charge is -2.32. The van der Waals surface area contributed by atoms with Crippen LogP contribution in [-0.4, -0.2) is 34.4 Å². The number of fused-ring (bicyclic) bond motifs is 4. The molecule has 2 fully saturated rings. The molecule has 0 aromatic heterocycles. The average molecular weight is 542 g/mol. The maximum Gasteiger partial charge on any atom is 0.256 e. The Morgan fingerprint density at radius 3 is 2.62 bits per heavy atom. The van der Waals surface area contributed by atoms with Gasteiger partial charge in [0.25, 0.3) is 11.9 Å². The third-order valence-electron chi connectivity index (χ3n) is 7.77. The third-order valence-corrected chi connectivity index (χ3v) is 8.33. The van der Waals surface area contributed by atoms with Crippen LogP contribution in [0.3, 0.4) is 0 Å².